The Hall–Kier alpha value is -3.48. The number of nitrogens with one attached hydrogen (secondary N) is 2. The maximum atomic E-state index is 13.1. The van der Waals surface area contributed by atoms with Crippen LogP contribution in [0.4, 0.5) is 11.4 Å². The Morgan fingerprint density at radius 2 is 1.68 bits per heavy atom. The fourth-order valence-electron chi connectivity index (χ4n) is 5.13. The predicted molar refractivity (Wildman–Crippen MR) is 134 cm³/mol. The average molecular weight is 456 g/mol. The van der Waals surface area contributed by atoms with E-state index in [0.29, 0.717) is 16.8 Å². The van der Waals surface area contributed by atoms with E-state index in [-0.39, 0.29) is 17.2 Å². The van der Waals surface area contributed by atoms with Crippen LogP contribution in [0.1, 0.15) is 40.0 Å². The number of rotatable bonds is 4. The molecule has 1 atom stereocenters. The average Bonchev–Trinajstić information content (AvgIpc) is 3.29. The van der Waals surface area contributed by atoms with Gasteiger partial charge in [0.05, 0.1) is 0 Å². The summed E-state index contributed by atoms with van der Waals surface area (Å²) in [7, 11) is 0. The van der Waals surface area contributed by atoms with Gasteiger partial charge >= 0.3 is 0 Å². The van der Waals surface area contributed by atoms with Crippen LogP contribution in [0.15, 0.2) is 72.8 Å². The maximum absolute atomic E-state index is 13.1. The molecule has 2 amide bonds. The lowest BCUT2D eigenvalue weighted by Gasteiger charge is -2.33. The normalized spacial score (nSPS) is 19.9. The highest BCUT2D eigenvalue weighted by molar-refractivity contribution is 6.06. The molecule has 5 N–H and O–H groups in total. The molecule has 6 heteroatoms. The number of nitrogens with zero attached hydrogens (tertiary/aromatic N) is 1. The number of carbonyl (C=O) groups is 2. The molecule has 34 heavy (non-hydrogen) atoms. The van der Waals surface area contributed by atoms with Crippen LogP contribution in [0.3, 0.4) is 0 Å². The summed E-state index contributed by atoms with van der Waals surface area (Å²) in [4.78, 5) is 27.9. The molecule has 6 nitrogen and oxygen atoms in total. The number of hydrogen-bond acceptors (Lipinski definition) is 3. The van der Waals surface area contributed by atoms with Crippen molar-refractivity contribution < 1.29 is 15.3 Å². The topological polar surface area (TPSA) is 89.1 Å². The number of quaternary nitrogens is 1. The van der Waals surface area contributed by atoms with Crippen molar-refractivity contribution in [1.29, 1.82) is 0 Å². The number of piperidine rings is 1. The van der Waals surface area contributed by atoms with Crippen molar-refractivity contribution in [3.8, 4) is 11.1 Å². The van der Waals surface area contributed by atoms with E-state index in [4.69, 9.17) is 0 Å². The molecule has 1 unspecified atom stereocenters. The van der Waals surface area contributed by atoms with E-state index >= 15 is 0 Å². The molecule has 2 aliphatic rings. The van der Waals surface area contributed by atoms with Crippen LogP contribution in [0.5, 0.6) is 0 Å². The molecule has 3 aromatic rings. The molecule has 5 rings (SSSR count). The Balaban J connectivity index is 1.26. The first-order valence-electron chi connectivity index (χ1n) is 12.0. The highest BCUT2D eigenvalue weighted by Crippen LogP contribution is 2.37. The summed E-state index contributed by atoms with van der Waals surface area (Å²) in [6, 6.07) is 22.8. The predicted octanol–water partition coefficient (Wildman–Crippen LogP) is 3.70. The number of benzene rings is 3. The molecular formula is C28H31N4O2+. The monoisotopic (exact) mass is 455 g/mol. The van der Waals surface area contributed by atoms with Crippen molar-refractivity contribution in [1.82, 2.24) is 10.2 Å². The minimum atomic E-state index is -0.220. The van der Waals surface area contributed by atoms with Gasteiger partial charge in [0.2, 0.25) is 0 Å². The molecular weight excluding hydrogens is 424 g/mol. The van der Waals surface area contributed by atoms with E-state index < -0.39 is 0 Å². The molecule has 2 saturated heterocycles. The van der Waals surface area contributed by atoms with E-state index in [1.165, 1.54) is 12.8 Å². The molecule has 1 spiro atoms. The van der Waals surface area contributed by atoms with E-state index in [0.717, 1.165) is 49.4 Å². The number of amides is 2. The first kappa shape index (κ1) is 22.3. The van der Waals surface area contributed by atoms with Gasteiger partial charge < -0.3 is 21.3 Å². The standard InChI is InChI=1S/C28H30N4O2/c29-24-12-11-23(20-5-2-1-3-6-20)17-25(24)31-26(33)21-7-9-22(10-8-21)27(34)32-16-14-28(19-32)13-4-15-30-18-28/h1-3,5-12,17,30H,4,13-16,18-19,29H2,(H,31,33)/p+1. The quantitative estimate of drug-likeness (QED) is 0.561. The Morgan fingerprint density at radius 3 is 2.41 bits per heavy atom. The third-order valence-corrected chi connectivity index (χ3v) is 7.15. The Labute approximate surface area is 200 Å². The number of carbonyl (C=O) groups excluding carboxylic acids is 2. The summed E-state index contributed by atoms with van der Waals surface area (Å²) in [6.07, 6.45) is 3.42. The van der Waals surface area contributed by atoms with Crippen molar-refractivity contribution in [2.45, 2.75) is 19.3 Å². The van der Waals surface area contributed by atoms with Gasteiger partial charge in [-0.15, -0.1) is 0 Å². The summed E-state index contributed by atoms with van der Waals surface area (Å²) in [5.41, 5.74) is 8.93. The van der Waals surface area contributed by atoms with Crippen molar-refractivity contribution in [2.75, 3.05) is 31.5 Å². The molecule has 174 valence electrons. The van der Waals surface area contributed by atoms with E-state index in [1.54, 1.807) is 24.3 Å². The lowest BCUT2D eigenvalue weighted by Crippen LogP contribution is -2.42. The van der Waals surface area contributed by atoms with Crippen LogP contribution in [-0.2, 0) is 0 Å². The lowest BCUT2D eigenvalue weighted by atomic mass is 9.80. The van der Waals surface area contributed by atoms with Crippen LogP contribution < -0.4 is 16.4 Å². The second-order valence-electron chi connectivity index (χ2n) is 9.53. The first-order valence-corrected chi connectivity index (χ1v) is 12.0. The van der Waals surface area contributed by atoms with Gasteiger partial charge in [0.15, 0.2) is 5.69 Å². The van der Waals surface area contributed by atoms with Gasteiger partial charge in [-0.25, -0.2) is 0 Å². The smallest absolute Gasteiger partial charge is 0.255 e. The third-order valence-electron chi connectivity index (χ3n) is 7.15. The molecule has 0 bridgehead atoms. The second kappa shape index (κ2) is 9.41. The Morgan fingerprint density at radius 1 is 0.912 bits per heavy atom. The molecule has 0 aromatic heterocycles. The van der Waals surface area contributed by atoms with Crippen LogP contribution >= 0.6 is 0 Å². The Bertz CT molecular complexity index is 1180. The maximum Gasteiger partial charge on any atom is 0.255 e. The van der Waals surface area contributed by atoms with Gasteiger partial charge in [-0.2, -0.15) is 0 Å². The zero-order chi connectivity index (χ0) is 23.5. The zero-order valence-electron chi connectivity index (χ0n) is 19.3. The minimum absolute atomic E-state index is 0.0463. The van der Waals surface area contributed by atoms with Gasteiger partial charge in [-0.05, 0) is 73.3 Å². The van der Waals surface area contributed by atoms with Crippen LogP contribution in [0, 0.1) is 5.41 Å². The summed E-state index contributed by atoms with van der Waals surface area (Å²) in [5, 5.41) is 6.46. The van der Waals surface area contributed by atoms with E-state index in [2.05, 4.69) is 16.4 Å². The van der Waals surface area contributed by atoms with Crippen molar-refractivity contribution >= 4 is 23.2 Å². The fraction of sp³-hybridized carbons (Fsp3) is 0.286. The molecule has 2 heterocycles. The van der Waals surface area contributed by atoms with Crippen molar-refractivity contribution in [2.24, 2.45) is 5.41 Å². The SMILES string of the molecule is [NH3+]c1ccc(-c2ccccc2)cc1NC(=O)c1ccc(C(=O)N2CCC3(CCCNC3)C2)cc1. The summed E-state index contributed by atoms with van der Waals surface area (Å²) < 4.78 is 0. The Kier molecular flexibility index (Phi) is 6.18. The largest absolute Gasteiger partial charge is 0.338 e. The van der Waals surface area contributed by atoms with Gasteiger partial charge in [-0.3, -0.25) is 9.59 Å². The molecule has 0 aliphatic carbocycles. The van der Waals surface area contributed by atoms with Crippen molar-refractivity contribution in [3.63, 3.8) is 0 Å². The number of hydrogen-bond donors (Lipinski definition) is 3. The molecule has 2 aliphatic heterocycles. The number of likely N-dealkylation sites (tertiary alicyclic amines) is 1. The van der Waals surface area contributed by atoms with Gasteiger partial charge in [0.25, 0.3) is 11.8 Å². The van der Waals surface area contributed by atoms with Crippen LogP contribution in [0.25, 0.3) is 11.1 Å². The highest BCUT2D eigenvalue weighted by Gasteiger charge is 2.40. The van der Waals surface area contributed by atoms with E-state index in [1.807, 2.05) is 53.4 Å². The zero-order valence-corrected chi connectivity index (χ0v) is 19.3. The minimum Gasteiger partial charge on any atom is -0.338 e. The summed E-state index contributed by atoms with van der Waals surface area (Å²) >= 11 is 0. The molecule has 0 radical (unpaired) electrons. The third kappa shape index (κ3) is 4.60. The van der Waals surface area contributed by atoms with Crippen LogP contribution in [-0.4, -0.2) is 42.9 Å². The fourth-order valence-corrected chi connectivity index (χ4v) is 5.13. The first-order chi connectivity index (χ1) is 16.5. The number of anilines is 1. The van der Waals surface area contributed by atoms with Gasteiger partial charge in [0, 0.05) is 42.2 Å². The lowest BCUT2D eigenvalue weighted by molar-refractivity contribution is -0.253. The molecule has 3 aromatic carbocycles. The van der Waals surface area contributed by atoms with E-state index in [9.17, 15) is 9.59 Å². The molecule has 0 saturated carbocycles. The summed E-state index contributed by atoms with van der Waals surface area (Å²) in [5.74, 6) is -0.174. The highest BCUT2D eigenvalue weighted by atomic mass is 16.2. The van der Waals surface area contributed by atoms with Crippen molar-refractivity contribution in [3.05, 3.63) is 83.9 Å². The van der Waals surface area contributed by atoms with Crippen LogP contribution in [0.2, 0.25) is 0 Å². The van der Waals surface area contributed by atoms with Gasteiger partial charge in [-0.1, -0.05) is 30.3 Å². The van der Waals surface area contributed by atoms with Gasteiger partial charge in [0.1, 0.15) is 5.69 Å². The summed E-state index contributed by atoms with van der Waals surface area (Å²) in [6.45, 7) is 3.68. The second-order valence-corrected chi connectivity index (χ2v) is 9.53. The molecule has 2 fully saturated rings.